The highest BCUT2D eigenvalue weighted by Gasteiger charge is 2.40. The van der Waals surface area contributed by atoms with Crippen LogP contribution >= 0.6 is 24.0 Å². The van der Waals surface area contributed by atoms with Gasteiger partial charge in [-0.1, -0.05) is 30.3 Å². The summed E-state index contributed by atoms with van der Waals surface area (Å²) in [5.41, 5.74) is 3.73. The van der Waals surface area contributed by atoms with Crippen molar-refractivity contribution >= 4 is 29.9 Å². The van der Waals surface area contributed by atoms with Crippen LogP contribution in [0.4, 0.5) is 0 Å². The molecule has 0 aliphatic carbocycles. The predicted molar refractivity (Wildman–Crippen MR) is 147 cm³/mol. The van der Waals surface area contributed by atoms with Crippen molar-refractivity contribution in [3.63, 3.8) is 0 Å². The number of piperidine rings is 1. The topological polar surface area (TPSA) is 58.1 Å². The average Bonchev–Trinajstić information content (AvgIpc) is 3.29. The molecule has 2 fully saturated rings. The Hall–Kier alpha value is -2.00. The molecule has 2 N–H and O–H groups in total. The Morgan fingerprint density at radius 1 is 1.15 bits per heavy atom. The smallest absolute Gasteiger partial charge is 0.191 e. The number of hydrogen-bond acceptors (Lipinski definition) is 4. The lowest BCUT2D eigenvalue weighted by molar-refractivity contribution is 0.114. The molecule has 3 heterocycles. The van der Waals surface area contributed by atoms with E-state index in [-0.39, 0.29) is 30.1 Å². The number of halogens is 1. The third-order valence-electron chi connectivity index (χ3n) is 7.40. The van der Waals surface area contributed by atoms with E-state index in [1.54, 1.807) is 7.11 Å². The highest BCUT2D eigenvalue weighted by molar-refractivity contribution is 14.0. The Labute approximate surface area is 220 Å². The lowest BCUT2D eigenvalue weighted by Gasteiger charge is -2.39. The number of nitrogens with one attached hydrogen (secondary N) is 2. The number of hydrogen-bond donors (Lipinski definition) is 2. The van der Waals surface area contributed by atoms with Gasteiger partial charge in [-0.05, 0) is 50.3 Å². The second-order valence-electron chi connectivity index (χ2n) is 9.69. The molecule has 184 valence electrons. The number of aliphatic imine (C=N–C) groups is 1. The maximum absolute atomic E-state index is 5.95. The van der Waals surface area contributed by atoms with Crippen molar-refractivity contribution in [1.29, 1.82) is 0 Å². The van der Waals surface area contributed by atoms with Gasteiger partial charge in [0.15, 0.2) is 5.96 Å². The molecule has 3 unspecified atom stereocenters. The van der Waals surface area contributed by atoms with E-state index in [1.165, 1.54) is 24.0 Å². The normalized spacial score (nSPS) is 25.8. The molecule has 5 rings (SSSR count). The van der Waals surface area contributed by atoms with Crippen LogP contribution in [0.1, 0.15) is 49.3 Å². The maximum atomic E-state index is 5.95. The highest BCUT2D eigenvalue weighted by atomic mass is 127. The van der Waals surface area contributed by atoms with Gasteiger partial charge >= 0.3 is 0 Å². The number of guanidine groups is 1. The molecule has 2 aromatic carbocycles. The van der Waals surface area contributed by atoms with Crippen LogP contribution < -0.4 is 20.1 Å². The average molecular weight is 577 g/mol. The SMILES string of the molecule is CN=C(NCc1cc2c(cc1OC)CC(C)O2)NC1CC2CCC(C1)N2Cc1ccccc1.I. The van der Waals surface area contributed by atoms with Crippen molar-refractivity contribution in [2.24, 2.45) is 4.99 Å². The largest absolute Gasteiger partial charge is 0.496 e. The van der Waals surface area contributed by atoms with E-state index in [4.69, 9.17) is 9.47 Å². The van der Waals surface area contributed by atoms with Crippen molar-refractivity contribution in [3.05, 3.63) is 59.2 Å². The first kappa shape index (κ1) is 25.1. The van der Waals surface area contributed by atoms with Crippen LogP contribution in [0.15, 0.2) is 47.5 Å². The van der Waals surface area contributed by atoms with Gasteiger partial charge in [0.2, 0.25) is 0 Å². The summed E-state index contributed by atoms with van der Waals surface area (Å²) >= 11 is 0. The van der Waals surface area contributed by atoms with Crippen molar-refractivity contribution in [1.82, 2.24) is 15.5 Å². The Balaban J connectivity index is 0.00000274. The minimum absolute atomic E-state index is 0. The van der Waals surface area contributed by atoms with Gasteiger partial charge < -0.3 is 20.1 Å². The predicted octanol–water partition coefficient (Wildman–Crippen LogP) is 4.50. The number of benzene rings is 2. The Morgan fingerprint density at radius 3 is 2.56 bits per heavy atom. The number of rotatable bonds is 6. The number of ether oxygens (including phenoxy) is 2. The molecule has 2 saturated heterocycles. The molecule has 0 aromatic heterocycles. The fraction of sp³-hybridized carbons (Fsp3) is 0.519. The van der Waals surface area contributed by atoms with Crippen LogP contribution in [0, 0.1) is 0 Å². The first-order chi connectivity index (χ1) is 16.1. The molecule has 3 atom stereocenters. The molecule has 34 heavy (non-hydrogen) atoms. The molecule has 0 saturated carbocycles. The van der Waals surface area contributed by atoms with Gasteiger partial charge in [-0.15, -0.1) is 24.0 Å². The van der Waals surface area contributed by atoms with E-state index < -0.39 is 0 Å². The summed E-state index contributed by atoms with van der Waals surface area (Å²) in [4.78, 5) is 7.23. The molecule has 2 aromatic rings. The third kappa shape index (κ3) is 5.46. The van der Waals surface area contributed by atoms with Crippen molar-refractivity contribution in [2.75, 3.05) is 14.2 Å². The molecule has 3 aliphatic heterocycles. The first-order valence-corrected chi connectivity index (χ1v) is 12.3. The molecule has 0 spiro atoms. The summed E-state index contributed by atoms with van der Waals surface area (Å²) in [7, 11) is 3.58. The van der Waals surface area contributed by atoms with Crippen LogP contribution in [0.25, 0.3) is 0 Å². The lowest BCUT2D eigenvalue weighted by atomic mass is 9.96. The van der Waals surface area contributed by atoms with E-state index in [0.29, 0.717) is 24.7 Å². The minimum atomic E-state index is 0. The summed E-state index contributed by atoms with van der Waals surface area (Å²) in [5.74, 6) is 2.74. The molecule has 0 amide bonds. The monoisotopic (exact) mass is 576 g/mol. The summed E-state index contributed by atoms with van der Waals surface area (Å²) in [6.45, 7) is 3.82. The Kier molecular flexibility index (Phi) is 8.24. The summed E-state index contributed by atoms with van der Waals surface area (Å²) in [6, 6.07) is 16.8. The van der Waals surface area contributed by atoms with Crippen molar-refractivity contribution < 1.29 is 9.47 Å². The summed E-state index contributed by atoms with van der Waals surface area (Å²) < 4.78 is 11.6. The third-order valence-corrected chi connectivity index (χ3v) is 7.40. The van der Waals surface area contributed by atoms with E-state index in [1.807, 2.05) is 7.05 Å². The fourth-order valence-corrected chi connectivity index (χ4v) is 5.82. The fourth-order valence-electron chi connectivity index (χ4n) is 5.82. The van der Waals surface area contributed by atoms with Crippen LogP contribution in [0.5, 0.6) is 11.5 Å². The van der Waals surface area contributed by atoms with Gasteiger partial charge in [-0.2, -0.15) is 0 Å². The van der Waals surface area contributed by atoms with Crippen LogP contribution in [0.3, 0.4) is 0 Å². The molecule has 0 radical (unpaired) electrons. The zero-order valence-corrected chi connectivity index (χ0v) is 22.8. The second-order valence-corrected chi connectivity index (χ2v) is 9.69. The number of methoxy groups -OCH3 is 1. The van der Waals surface area contributed by atoms with E-state index in [0.717, 1.165) is 48.8 Å². The van der Waals surface area contributed by atoms with Gasteiger partial charge in [-0.3, -0.25) is 9.89 Å². The molecule has 7 heteroatoms. The Morgan fingerprint density at radius 2 is 1.88 bits per heavy atom. The minimum Gasteiger partial charge on any atom is -0.496 e. The van der Waals surface area contributed by atoms with Gasteiger partial charge in [-0.25, -0.2) is 0 Å². The van der Waals surface area contributed by atoms with E-state index in [2.05, 4.69) is 69.9 Å². The zero-order chi connectivity index (χ0) is 22.8. The first-order valence-electron chi connectivity index (χ1n) is 12.3. The standard InChI is InChI=1S/C27H36N4O2.HI/c1-18-11-20-12-25(32-3)21(13-26(20)33-18)16-29-27(28-2)30-22-14-23-9-10-24(15-22)31(23)17-19-7-5-4-6-8-19;/h4-8,12-13,18,22-24H,9-11,14-17H2,1-3H3,(H2,28,29,30);1H. The quantitative estimate of drug-likeness (QED) is 0.302. The van der Waals surface area contributed by atoms with Gasteiger partial charge in [0.25, 0.3) is 0 Å². The highest BCUT2D eigenvalue weighted by Crippen LogP contribution is 2.37. The van der Waals surface area contributed by atoms with Crippen LogP contribution in [0.2, 0.25) is 0 Å². The van der Waals surface area contributed by atoms with Gasteiger partial charge in [0, 0.05) is 55.8 Å². The van der Waals surface area contributed by atoms with E-state index in [9.17, 15) is 0 Å². The summed E-state index contributed by atoms with van der Waals surface area (Å²) in [6.07, 6.45) is 6.09. The molecular weight excluding hydrogens is 539 g/mol. The zero-order valence-electron chi connectivity index (χ0n) is 20.4. The van der Waals surface area contributed by atoms with Crippen molar-refractivity contribution in [3.8, 4) is 11.5 Å². The lowest BCUT2D eigenvalue weighted by Crippen LogP contribution is -2.52. The van der Waals surface area contributed by atoms with Crippen LogP contribution in [-0.2, 0) is 19.5 Å². The van der Waals surface area contributed by atoms with Gasteiger partial charge in [0.1, 0.15) is 17.6 Å². The molecular formula is C27H37IN4O2. The van der Waals surface area contributed by atoms with Crippen LogP contribution in [-0.4, -0.2) is 49.2 Å². The second kappa shape index (κ2) is 11.2. The molecule has 2 bridgehead atoms. The Bertz CT molecular complexity index is 986. The van der Waals surface area contributed by atoms with Crippen molar-refractivity contribution in [2.45, 2.75) is 76.3 Å². The summed E-state index contributed by atoms with van der Waals surface area (Å²) in [5, 5.41) is 7.20. The molecule has 6 nitrogen and oxygen atoms in total. The van der Waals surface area contributed by atoms with E-state index >= 15 is 0 Å². The van der Waals surface area contributed by atoms with Gasteiger partial charge in [0.05, 0.1) is 7.11 Å². The number of fused-ring (bicyclic) bond motifs is 3. The molecule has 3 aliphatic rings. The maximum Gasteiger partial charge on any atom is 0.191 e. The number of nitrogens with zero attached hydrogens (tertiary/aromatic N) is 2.